The van der Waals surface area contributed by atoms with E-state index in [9.17, 15) is 19.2 Å². The van der Waals surface area contributed by atoms with Gasteiger partial charge in [-0.1, -0.05) is 72.1 Å². The van der Waals surface area contributed by atoms with Gasteiger partial charge in [-0.15, -0.1) is 0 Å². The first kappa shape index (κ1) is 39.2. The standard InChI is InChI=1S/C39H46N6O4S2/c1-44(2)26-24-38(48)42-30-16-7-11-20-34(30)50-32-18-9-5-14-28(32)40-36(46)22-13-23-37(47)41-29-15-6-10-19-33(29)51-35-21-12-8-17-31(35)43-39(49)25-27-45(3)4/h5-12,14-21H,13,22-27H2,1-4H3,(H,40,46)(H,41,47)(H,42,48)(H,43,49). The van der Waals surface area contributed by atoms with Crippen molar-refractivity contribution in [3.8, 4) is 0 Å². The van der Waals surface area contributed by atoms with Crippen molar-refractivity contribution in [2.75, 3.05) is 62.5 Å². The third-order valence-electron chi connectivity index (χ3n) is 7.46. The summed E-state index contributed by atoms with van der Waals surface area (Å²) in [5.41, 5.74) is 2.74. The second-order valence-electron chi connectivity index (χ2n) is 12.3. The average molecular weight is 727 g/mol. The first-order chi connectivity index (χ1) is 24.6. The monoisotopic (exact) mass is 726 g/mol. The fourth-order valence-electron chi connectivity index (χ4n) is 4.78. The predicted molar refractivity (Wildman–Crippen MR) is 209 cm³/mol. The zero-order valence-corrected chi connectivity index (χ0v) is 31.2. The van der Waals surface area contributed by atoms with Gasteiger partial charge in [-0.3, -0.25) is 19.2 Å². The van der Waals surface area contributed by atoms with E-state index in [1.165, 1.54) is 23.5 Å². The van der Waals surface area contributed by atoms with Gasteiger partial charge in [0.15, 0.2) is 0 Å². The van der Waals surface area contributed by atoms with Gasteiger partial charge in [0.25, 0.3) is 0 Å². The van der Waals surface area contributed by atoms with Crippen molar-refractivity contribution in [1.82, 2.24) is 9.80 Å². The molecule has 0 bridgehead atoms. The zero-order valence-electron chi connectivity index (χ0n) is 29.5. The van der Waals surface area contributed by atoms with Gasteiger partial charge in [0, 0.05) is 58.4 Å². The van der Waals surface area contributed by atoms with E-state index in [2.05, 4.69) is 21.3 Å². The summed E-state index contributed by atoms with van der Waals surface area (Å²) in [5.74, 6) is -0.513. The van der Waals surface area contributed by atoms with Crippen LogP contribution in [0.5, 0.6) is 0 Å². The Balaban J connectivity index is 1.30. The summed E-state index contributed by atoms with van der Waals surface area (Å²) >= 11 is 2.92. The van der Waals surface area contributed by atoms with Crippen LogP contribution in [0.1, 0.15) is 32.1 Å². The van der Waals surface area contributed by atoms with Crippen molar-refractivity contribution in [2.45, 2.75) is 51.7 Å². The maximum atomic E-state index is 13.0. The van der Waals surface area contributed by atoms with E-state index in [0.717, 1.165) is 19.6 Å². The fourth-order valence-corrected chi connectivity index (χ4v) is 6.76. The SMILES string of the molecule is CN(C)CCC(=O)Nc1ccccc1Sc1ccccc1NC(=O)CCCC(=O)Nc1ccccc1Sc1ccccc1NC(=O)CCN(C)C. The lowest BCUT2D eigenvalue weighted by Gasteiger charge is -2.15. The molecule has 0 spiro atoms. The molecule has 0 aliphatic carbocycles. The van der Waals surface area contributed by atoms with E-state index in [-0.39, 0.29) is 36.5 Å². The van der Waals surface area contributed by atoms with Crippen molar-refractivity contribution in [2.24, 2.45) is 0 Å². The molecule has 4 rings (SSSR count). The van der Waals surface area contributed by atoms with Crippen LogP contribution in [0.4, 0.5) is 22.7 Å². The second-order valence-corrected chi connectivity index (χ2v) is 14.5. The highest BCUT2D eigenvalue weighted by atomic mass is 32.2. The van der Waals surface area contributed by atoms with Gasteiger partial charge in [-0.05, 0) is 83.1 Å². The Labute approximate surface area is 309 Å². The summed E-state index contributed by atoms with van der Waals surface area (Å²) < 4.78 is 0. The highest BCUT2D eigenvalue weighted by Gasteiger charge is 2.15. The first-order valence-electron chi connectivity index (χ1n) is 16.8. The van der Waals surface area contributed by atoms with Gasteiger partial charge in [-0.2, -0.15) is 0 Å². The molecular formula is C39H46N6O4S2. The summed E-state index contributed by atoms with van der Waals surface area (Å²) in [7, 11) is 7.71. The molecule has 0 heterocycles. The van der Waals surface area contributed by atoms with Crippen LogP contribution < -0.4 is 21.3 Å². The number of nitrogens with one attached hydrogen (secondary N) is 4. The number of anilines is 4. The van der Waals surface area contributed by atoms with E-state index in [1.807, 2.05) is 135 Å². The largest absolute Gasteiger partial charge is 0.325 e. The number of para-hydroxylation sites is 4. The molecule has 10 nitrogen and oxygen atoms in total. The van der Waals surface area contributed by atoms with Gasteiger partial charge in [-0.25, -0.2) is 0 Å². The molecule has 0 fully saturated rings. The van der Waals surface area contributed by atoms with E-state index in [1.54, 1.807) is 0 Å². The molecule has 0 aliphatic rings. The molecule has 51 heavy (non-hydrogen) atoms. The number of hydrogen-bond acceptors (Lipinski definition) is 8. The Morgan fingerprint density at radius 2 is 0.686 bits per heavy atom. The van der Waals surface area contributed by atoms with Crippen molar-refractivity contribution in [3.05, 3.63) is 97.1 Å². The predicted octanol–water partition coefficient (Wildman–Crippen LogP) is 7.52. The smallest absolute Gasteiger partial charge is 0.225 e. The summed E-state index contributed by atoms with van der Waals surface area (Å²) in [4.78, 5) is 58.3. The Hall–Kier alpha value is -4.62. The molecule has 4 aromatic rings. The lowest BCUT2D eigenvalue weighted by molar-refractivity contribution is -0.118. The number of hydrogen-bond donors (Lipinski definition) is 4. The van der Waals surface area contributed by atoms with Crippen LogP contribution in [0.25, 0.3) is 0 Å². The Kier molecular flexibility index (Phi) is 15.6. The minimum atomic E-state index is -0.193. The van der Waals surface area contributed by atoms with E-state index >= 15 is 0 Å². The van der Waals surface area contributed by atoms with Crippen LogP contribution in [0.15, 0.2) is 117 Å². The number of rotatable bonds is 18. The lowest BCUT2D eigenvalue weighted by Crippen LogP contribution is -2.21. The van der Waals surface area contributed by atoms with Crippen LogP contribution >= 0.6 is 23.5 Å². The number of amides is 4. The molecule has 0 saturated heterocycles. The highest BCUT2D eigenvalue weighted by Crippen LogP contribution is 2.39. The van der Waals surface area contributed by atoms with Gasteiger partial charge in [0.05, 0.1) is 22.7 Å². The third kappa shape index (κ3) is 13.6. The number of carbonyl (C=O) groups is 4. The maximum Gasteiger partial charge on any atom is 0.225 e. The molecule has 0 saturated carbocycles. The minimum absolute atomic E-state index is 0.0633. The summed E-state index contributed by atoms with van der Waals surface area (Å²) in [5, 5.41) is 12.0. The van der Waals surface area contributed by atoms with Gasteiger partial charge in [0.1, 0.15) is 0 Å². The molecule has 0 radical (unpaired) electrons. The van der Waals surface area contributed by atoms with Crippen molar-refractivity contribution in [3.63, 3.8) is 0 Å². The van der Waals surface area contributed by atoms with E-state index in [0.29, 0.717) is 55.1 Å². The summed E-state index contributed by atoms with van der Waals surface area (Å²) in [6, 6.07) is 30.2. The Bertz CT molecular complexity index is 1670. The zero-order chi connectivity index (χ0) is 36.6. The maximum absolute atomic E-state index is 13.0. The average Bonchev–Trinajstić information content (AvgIpc) is 3.10. The molecule has 0 aromatic heterocycles. The van der Waals surface area contributed by atoms with Crippen LogP contribution in [-0.4, -0.2) is 74.7 Å². The van der Waals surface area contributed by atoms with E-state index < -0.39 is 0 Å². The molecular weight excluding hydrogens is 681 g/mol. The molecule has 268 valence electrons. The van der Waals surface area contributed by atoms with Crippen LogP contribution in [0.2, 0.25) is 0 Å². The van der Waals surface area contributed by atoms with Crippen molar-refractivity contribution >= 4 is 69.9 Å². The van der Waals surface area contributed by atoms with Crippen LogP contribution in [0.3, 0.4) is 0 Å². The molecule has 0 unspecified atom stereocenters. The van der Waals surface area contributed by atoms with Gasteiger partial charge < -0.3 is 31.1 Å². The quantitative estimate of drug-likeness (QED) is 0.0831. The fraction of sp³-hybridized carbons (Fsp3) is 0.282. The summed E-state index contributed by atoms with van der Waals surface area (Å²) in [6.45, 7) is 1.30. The van der Waals surface area contributed by atoms with Crippen molar-refractivity contribution in [1.29, 1.82) is 0 Å². The molecule has 0 atom stereocenters. The molecule has 0 aliphatic heterocycles. The summed E-state index contributed by atoms with van der Waals surface area (Å²) in [6.07, 6.45) is 1.47. The highest BCUT2D eigenvalue weighted by molar-refractivity contribution is 8.00. The van der Waals surface area contributed by atoms with Crippen LogP contribution in [0, 0.1) is 0 Å². The second kappa shape index (κ2) is 20.3. The Morgan fingerprint density at radius 3 is 0.961 bits per heavy atom. The number of nitrogens with zero attached hydrogens (tertiary/aromatic N) is 2. The molecule has 4 amide bonds. The molecule has 12 heteroatoms. The minimum Gasteiger partial charge on any atom is -0.325 e. The number of benzene rings is 4. The van der Waals surface area contributed by atoms with Gasteiger partial charge in [0.2, 0.25) is 23.6 Å². The number of carbonyl (C=O) groups excluding carboxylic acids is 4. The van der Waals surface area contributed by atoms with Gasteiger partial charge >= 0.3 is 0 Å². The topological polar surface area (TPSA) is 123 Å². The third-order valence-corrected chi connectivity index (χ3v) is 9.77. The van der Waals surface area contributed by atoms with Crippen molar-refractivity contribution < 1.29 is 19.2 Å². The first-order valence-corrected chi connectivity index (χ1v) is 18.4. The molecule has 4 N–H and O–H groups in total. The lowest BCUT2D eigenvalue weighted by atomic mass is 10.2. The van der Waals surface area contributed by atoms with E-state index in [4.69, 9.17) is 0 Å². The van der Waals surface area contributed by atoms with Crippen LogP contribution in [-0.2, 0) is 19.2 Å². The molecule has 4 aromatic carbocycles. The Morgan fingerprint density at radius 1 is 0.431 bits per heavy atom. The normalized spacial score (nSPS) is 10.9.